The van der Waals surface area contributed by atoms with E-state index in [-0.39, 0.29) is 5.92 Å². The Morgan fingerprint density at radius 3 is 2.17 bits per heavy atom. The van der Waals surface area contributed by atoms with Crippen molar-refractivity contribution in [2.24, 2.45) is 5.92 Å². The van der Waals surface area contributed by atoms with Crippen LogP contribution in [0.1, 0.15) is 66.2 Å². The van der Waals surface area contributed by atoms with Crippen LogP contribution in [-0.2, 0) is 10.0 Å². The molecule has 1 aliphatic carbocycles. The molecule has 0 heterocycles. The third-order valence-corrected chi connectivity index (χ3v) is 7.72. The fourth-order valence-corrected chi connectivity index (χ4v) is 5.21. The van der Waals surface area contributed by atoms with E-state index in [0.717, 1.165) is 38.5 Å². The fraction of sp³-hybridized carbons (Fsp3) is 0.737. The number of hydrogen-bond donors (Lipinski definition) is 0. The van der Waals surface area contributed by atoms with Crippen LogP contribution < -0.4 is 0 Å². The first-order valence-corrected chi connectivity index (χ1v) is 10.6. The van der Waals surface area contributed by atoms with Crippen molar-refractivity contribution < 1.29 is 8.42 Å². The molecule has 0 saturated heterocycles. The van der Waals surface area contributed by atoms with E-state index in [1.807, 2.05) is 6.92 Å². The average molecular weight is 353 g/mol. The van der Waals surface area contributed by atoms with Gasteiger partial charge in [-0.1, -0.05) is 58.6 Å². The zero-order valence-corrected chi connectivity index (χ0v) is 16.4. The molecule has 2 unspecified atom stereocenters. The molecule has 1 rings (SSSR count). The Morgan fingerprint density at radius 2 is 1.71 bits per heavy atom. The van der Waals surface area contributed by atoms with E-state index in [9.17, 15) is 13.7 Å². The predicted molar refractivity (Wildman–Crippen MR) is 99.9 cm³/mol. The molecular weight excluding hydrogens is 320 g/mol. The minimum atomic E-state index is -3.52. The van der Waals surface area contributed by atoms with Gasteiger partial charge in [-0.2, -0.15) is 5.26 Å². The highest BCUT2D eigenvalue weighted by molar-refractivity contribution is 7.90. The topological polar surface area (TPSA) is 61.2 Å². The van der Waals surface area contributed by atoms with Crippen LogP contribution in [0.5, 0.6) is 0 Å². The van der Waals surface area contributed by atoms with E-state index < -0.39 is 14.8 Å². The van der Waals surface area contributed by atoms with Gasteiger partial charge in [0.2, 0.25) is 10.0 Å². The highest BCUT2D eigenvalue weighted by atomic mass is 32.2. The summed E-state index contributed by atoms with van der Waals surface area (Å²) in [5.74, 6) is -0.336. The van der Waals surface area contributed by atoms with Gasteiger partial charge < -0.3 is 0 Å². The van der Waals surface area contributed by atoms with Gasteiger partial charge in [0.05, 0.1) is 6.07 Å². The van der Waals surface area contributed by atoms with Crippen LogP contribution in [-0.4, -0.2) is 30.6 Å². The van der Waals surface area contributed by atoms with Crippen LogP contribution in [0.3, 0.4) is 0 Å². The lowest BCUT2D eigenvalue weighted by molar-refractivity contribution is 0.365. The summed E-state index contributed by atoms with van der Waals surface area (Å²) < 4.78 is 27.4. The van der Waals surface area contributed by atoms with Crippen LogP contribution in [0, 0.1) is 17.2 Å². The van der Waals surface area contributed by atoms with Gasteiger partial charge in [0, 0.05) is 24.6 Å². The number of rotatable bonds is 10. The molecule has 0 aromatic heterocycles. The lowest BCUT2D eigenvalue weighted by Gasteiger charge is -2.38. The number of hydrogen-bond acceptors (Lipinski definition) is 3. The molecule has 136 valence electrons. The van der Waals surface area contributed by atoms with Crippen LogP contribution >= 0.6 is 0 Å². The molecular formula is C19H32N2O2S. The molecule has 1 aliphatic rings. The van der Waals surface area contributed by atoms with Gasteiger partial charge in [-0.15, -0.1) is 0 Å². The van der Waals surface area contributed by atoms with E-state index in [1.165, 1.54) is 0 Å². The number of unbranched alkanes of at least 4 members (excludes halogenated alkanes) is 4. The maximum absolute atomic E-state index is 13.4. The second kappa shape index (κ2) is 9.39. The summed E-state index contributed by atoms with van der Waals surface area (Å²) in [6, 6.07) is 2.15. The molecule has 2 atom stereocenters. The highest BCUT2D eigenvalue weighted by Crippen LogP contribution is 2.38. The van der Waals surface area contributed by atoms with E-state index in [1.54, 1.807) is 29.5 Å². The van der Waals surface area contributed by atoms with E-state index in [2.05, 4.69) is 19.9 Å². The van der Waals surface area contributed by atoms with Gasteiger partial charge >= 0.3 is 0 Å². The SMILES string of the molecule is CCCCCN(CCCCC)S(=O)(=O)C1(C)C=CC=C(C#N)C1C. The quantitative estimate of drug-likeness (QED) is 0.547. The smallest absolute Gasteiger partial charge is 0.211 e. The van der Waals surface area contributed by atoms with Gasteiger partial charge in [-0.25, -0.2) is 12.7 Å². The molecule has 0 aliphatic heterocycles. The molecule has 0 amide bonds. The molecule has 0 N–H and O–H groups in total. The maximum atomic E-state index is 13.4. The van der Waals surface area contributed by atoms with Crippen molar-refractivity contribution in [3.05, 3.63) is 23.8 Å². The van der Waals surface area contributed by atoms with Gasteiger partial charge in [0.25, 0.3) is 0 Å². The summed E-state index contributed by atoms with van der Waals surface area (Å²) in [6.45, 7) is 8.97. The summed E-state index contributed by atoms with van der Waals surface area (Å²) in [4.78, 5) is 0. The normalized spacial score (nSPS) is 24.0. The molecule has 0 radical (unpaired) electrons. The zero-order valence-electron chi connectivity index (χ0n) is 15.6. The van der Waals surface area contributed by atoms with Gasteiger partial charge in [-0.3, -0.25) is 0 Å². The summed E-state index contributed by atoms with van der Waals surface area (Å²) in [6.07, 6.45) is 11.2. The third-order valence-electron chi connectivity index (χ3n) is 5.08. The van der Waals surface area contributed by atoms with E-state index in [0.29, 0.717) is 18.7 Å². The van der Waals surface area contributed by atoms with Crippen molar-refractivity contribution in [2.75, 3.05) is 13.1 Å². The predicted octanol–water partition coefficient (Wildman–Crippen LogP) is 4.41. The molecule has 0 spiro atoms. The Bertz CT molecular complexity index is 591. The molecule has 4 nitrogen and oxygen atoms in total. The molecule has 0 bridgehead atoms. The first-order chi connectivity index (χ1) is 11.3. The summed E-state index contributed by atoms with van der Waals surface area (Å²) in [5.41, 5.74) is 0.533. The van der Waals surface area contributed by atoms with Crippen LogP contribution in [0.25, 0.3) is 0 Å². The second-order valence-corrected chi connectivity index (χ2v) is 9.16. The van der Waals surface area contributed by atoms with Gasteiger partial charge in [-0.05, 0) is 25.8 Å². The van der Waals surface area contributed by atoms with Crippen LogP contribution in [0.2, 0.25) is 0 Å². The van der Waals surface area contributed by atoms with Crippen molar-refractivity contribution in [1.82, 2.24) is 4.31 Å². The minimum absolute atomic E-state index is 0.336. The summed E-state index contributed by atoms with van der Waals surface area (Å²) >= 11 is 0. The molecule has 0 fully saturated rings. The second-order valence-electron chi connectivity index (χ2n) is 6.82. The lowest BCUT2D eigenvalue weighted by Crippen LogP contribution is -2.50. The lowest BCUT2D eigenvalue weighted by atomic mass is 9.84. The Kier molecular flexibility index (Phi) is 8.18. The number of allylic oxidation sites excluding steroid dienone is 3. The first-order valence-electron chi connectivity index (χ1n) is 9.14. The number of nitriles is 1. The molecule has 0 saturated carbocycles. The number of nitrogens with zero attached hydrogens (tertiary/aromatic N) is 2. The van der Waals surface area contributed by atoms with Crippen LogP contribution in [0.4, 0.5) is 0 Å². The largest absolute Gasteiger partial charge is 0.223 e. The Morgan fingerprint density at radius 1 is 1.17 bits per heavy atom. The molecule has 0 aromatic carbocycles. The monoisotopic (exact) mass is 352 g/mol. The number of sulfonamides is 1. The van der Waals surface area contributed by atoms with Gasteiger partial charge in [0.15, 0.2) is 0 Å². The average Bonchev–Trinajstić information content (AvgIpc) is 2.56. The van der Waals surface area contributed by atoms with Crippen molar-refractivity contribution >= 4 is 10.0 Å². The minimum Gasteiger partial charge on any atom is -0.211 e. The highest BCUT2D eigenvalue weighted by Gasteiger charge is 2.47. The fourth-order valence-electron chi connectivity index (χ4n) is 3.09. The van der Waals surface area contributed by atoms with Crippen molar-refractivity contribution in [3.63, 3.8) is 0 Å². The molecule has 5 heteroatoms. The zero-order chi connectivity index (χ0) is 18.2. The standard InChI is InChI=1S/C19H32N2O2S/c1-5-7-9-14-21(15-10-8-6-2)24(22,23)19(4)13-11-12-18(16-20)17(19)3/h11-13,17H,5-10,14-15H2,1-4H3. The van der Waals surface area contributed by atoms with Crippen molar-refractivity contribution in [2.45, 2.75) is 71.0 Å². The Hall–Kier alpha value is -1.12. The summed E-state index contributed by atoms with van der Waals surface area (Å²) in [7, 11) is -3.52. The van der Waals surface area contributed by atoms with Gasteiger partial charge in [0.1, 0.15) is 4.75 Å². The summed E-state index contributed by atoms with van der Waals surface area (Å²) in [5, 5.41) is 9.28. The van der Waals surface area contributed by atoms with E-state index >= 15 is 0 Å². The maximum Gasteiger partial charge on any atom is 0.223 e. The van der Waals surface area contributed by atoms with Crippen molar-refractivity contribution in [1.29, 1.82) is 5.26 Å². The van der Waals surface area contributed by atoms with Crippen molar-refractivity contribution in [3.8, 4) is 6.07 Å². The molecule has 0 aromatic rings. The Balaban J connectivity index is 3.07. The van der Waals surface area contributed by atoms with Crippen LogP contribution in [0.15, 0.2) is 23.8 Å². The Labute approximate surface area is 148 Å². The molecule has 24 heavy (non-hydrogen) atoms. The van der Waals surface area contributed by atoms with E-state index in [4.69, 9.17) is 0 Å². The first kappa shape index (κ1) is 20.9. The third kappa shape index (κ3) is 4.49.